The predicted molar refractivity (Wildman–Crippen MR) is 59.4 cm³/mol. The highest BCUT2D eigenvalue weighted by atomic mass is 79.9. The number of rotatable bonds is 2. The molecule has 0 spiro atoms. The molecule has 0 aromatic carbocycles. The van der Waals surface area contributed by atoms with Crippen LogP contribution in [0.3, 0.4) is 0 Å². The molecule has 2 nitrogen and oxygen atoms in total. The zero-order valence-corrected chi connectivity index (χ0v) is 10.6. The lowest BCUT2D eigenvalue weighted by molar-refractivity contribution is 0.121. The summed E-state index contributed by atoms with van der Waals surface area (Å²) in [7, 11) is 0. The first-order valence-corrected chi connectivity index (χ1v) is 5.60. The van der Waals surface area contributed by atoms with E-state index in [4.69, 9.17) is 0 Å². The van der Waals surface area contributed by atoms with E-state index in [9.17, 15) is 5.11 Å². The molecule has 1 aromatic heterocycles. The Morgan fingerprint density at radius 3 is 2.46 bits per heavy atom. The number of aliphatic hydroxyl groups is 1. The van der Waals surface area contributed by atoms with Crippen LogP contribution < -0.4 is 0 Å². The quantitative estimate of drug-likeness (QED) is 0.909. The summed E-state index contributed by atoms with van der Waals surface area (Å²) in [6, 6.07) is 1.88. The number of halogens is 2. The second-order valence-electron chi connectivity index (χ2n) is 3.21. The van der Waals surface area contributed by atoms with Gasteiger partial charge in [-0.15, -0.1) is 0 Å². The van der Waals surface area contributed by atoms with Crippen molar-refractivity contribution >= 4 is 31.9 Å². The van der Waals surface area contributed by atoms with Crippen LogP contribution in [0.5, 0.6) is 0 Å². The van der Waals surface area contributed by atoms with Crippen LogP contribution in [-0.4, -0.2) is 10.1 Å². The lowest BCUT2D eigenvalue weighted by Crippen LogP contribution is -2.08. The van der Waals surface area contributed by atoms with Crippen LogP contribution >= 0.6 is 31.9 Å². The molecule has 0 aliphatic carbocycles. The Hall–Kier alpha value is 0.0700. The van der Waals surface area contributed by atoms with Gasteiger partial charge in [0, 0.05) is 15.1 Å². The highest BCUT2D eigenvalue weighted by Gasteiger charge is 2.16. The van der Waals surface area contributed by atoms with E-state index in [0.29, 0.717) is 5.69 Å². The summed E-state index contributed by atoms with van der Waals surface area (Å²) in [4.78, 5) is 4.16. The Balaban J connectivity index is 3.01. The monoisotopic (exact) mass is 307 g/mol. The second-order valence-corrected chi connectivity index (χ2v) is 4.98. The van der Waals surface area contributed by atoms with Crippen molar-refractivity contribution in [3.8, 4) is 0 Å². The predicted octanol–water partition coefficient (Wildman–Crippen LogP) is 3.30. The minimum Gasteiger partial charge on any atom is -0.386 e. The van der Waals surface area contributed by atoms with Gasteiger partial charge in [0.05, 0.1) is 11.8 Å². The van der Waals surface area contributed by atoms with E-state index in [1.165, 1.54) is 0 Å². The summed E-state index contributed by atoms with van der Waals surface area (Å²) in [6.45, 7) is 3.92. The molecule has 0 radical (unpaired) electrons. The molecule has 4 heteroatoms. The number of aromatic nitrogens is 1. The molecule has 1 unspecified atom stereocenters. The molecule has 0 aliphatic rings. The van der Waals surface area contributed by atoms with Crippen LogP contribution in [0.4, 0.5) is 0 Å². The van der Waals surface area contributed by atoms with Gasteiger partial charge in [0.2, 0.25) is 0 Å². The molecule has 1 N–H and O–H groups in total. The van der Waals surface area contributed by atoms with Gasteiger partial charge in [-0.1, -0.05) is 13.8 Å². The van der Waals surface area contributed by atoms with Gasteiger partial charge in [0.25, 0.3) is 0 Å². The Morgan fingerprint density at radius 2 is 2.00 bits per heavy atom. The SMILES string of the molecule is CC(C)C(O)c1ncc(Br)cc1Br. The Kier molecular flexibility index (Phi) is 3.88. The van der Waals surface area contributed by atoms with Crippen molar-refractivity contribution in [2.45, 2.75) is 20.0 Å². The third-order valence-corrected chi connectivity index (χ3v) is 2.82. The van der Waals surface area contributed by atoms with Crippen molar-refractivity contribution in [1.82, 2.24) is 4.98 Å². The van der Waals surface area contributed by atoms with Crippen LogP contribution in [0, 0.1) is 5.92 Å². The first-order valence-electron chi connectivity index (χ1n) is 4.01. The molecular weight excluding hydrogens is 298 g/mol. The van der Waals surface area contributed by atoms with Gasteiger partial charge >= 0.3 is 0 Å². The molecule has 1 rings (SSSR count). The minimum absolute atomic E-state index is 0.171. The maximum atomic E-state index is 9.76. The summed E-state index contributed by atoms with van der Waals surface area (Å²) >= 11 is 6.67. The molecule has 72 valence electrons. The normalized spacial score (nSPS) is 13.4. The van der Waals surface area contributed by atoms with Gasteiger partial charge in [-0.3, -0.25) is 4.98 Å². The zero-order chi connectivity index (χ0) is 10.0. The van der Waals surface area contributed by atoms with E-state index in [1.807, 2.05) is 19.9 Å². The summed E-state index contributed by atoms with van der Waals surface area (Å²) in [5.41, 5.74) is 0.693. The lowest BCUT2D eigenvalue weighted by atomic mass is 10.0. The van der Waals surface area contributed by atoms with Crippen LogP contribution in [0.1, 0.15) is 25.6 Å². The molecule has 1 atom stereocenters. The topological polar surface area (TPSA) is 33.1 Å². The van der Waals surface area contributed by atoms with Crippen LogP contribution in [0.2, 0.25) is 0 Å². The van der Waals surface area contributed by atoms with E-state index in [0.717, 1.165) is 8.95 Å². The second kappa shape index (κ2) is 4.53. The number of nitrogens with zero attached hydrogens (tertiary/aromatic N) is 1. The fourth-order valence-corrected chi connectivity index (χ4v) is 2.18. The van der Waals surface area contributed by atoms with Gasteiger partial charge < -0.3 is 5.11 Å². The third-order valence-electron chi connectivity index (χ3n) is 1.75. The highest BCUT2D eigenvalue weighted by Crippen LogP contribution is 2.28. The minimum atomic E-state index is -0.512. The summed E-state index contributed by atoms with van der Waals surface area (Å²) in [5, 5.41) is 9.76. The van der Waals surface area contributed by atoms with Gasteiger partial charge in [-0.05, 0) is 43.8 Å². The molecular formula is C9H11Br2NO. The lowest BCUT2D eigenvalue weighted by Gasteiger charge is -2.15. The highest BCUT2D eigenvalue weighted by molar-refractivity contribution is 9.11. The van der Waals surface area contributed by atoms with Crippen molar-refractivity contribution in [3.05, 3.63) is 26.9 Å². The number of pyridine rings is 1. The summed E-state index contributed by atoms with van der Waals surface area (Å²) < 4.78 is 1.74. The molecule has 0 amide bonds. The first-order chi connectivity index (χ1) is 6.02. The molecule has 0 saturated carbocycles. The van der Waals surface area contributed by atoms with E-state index < -0.39 is 6.10 Å². The molecule has 0 fully saturated rings. The Labute approximate surface area is 94.6 Å². The standard InChI is InChI=1S/C9H11Br2NO/c1-5(2)9(13)8-7(11)3-6(10)4-12-8/h3-5,9,13H,1-2H3. The van der Waals surface area contributed by atoms with Crippen molar-refractivity contribution in [1.29, 1.82) is 0 Å². The first kappa shape index (κ1) is 11.1. The van der Waals surface area contributed by atoms with E-state index in [2.05, 4.69) is 36.8 Å². The van der Waals surface area contributed by atoms with E-state index in [1.54, 1.807) is 6.20 Å². The summed E-state index contributed by atoms with van der Waals surface area (Å²) in [6.07, 6.45) is 1.17. The van der Waals surface area contributed by atoms with Gasteiger partial charge in [-0.2, -0.15) is 0 Å². The van der Waals surface area contributed by atoms with Gasteiger partial charge in [-0.25, -0.2) is 0 Å². The number of hydrogen-bond donors (Lipinski definition) is 1. The van der Waals surface area contributed by atoms with Crippen molar-refractivity contribution < 1.29 is 5.11 Å². The molecule has 1 heterocycles. The molecule has 0 saturated heterocycles. The molecule has 0 bridgehead atoms. The van der Waals surface area contributed by atoms with E-state index in [-0.39, 0.29) is 5.92 Å². The fraction of sp³-hybridized carbons (Fsp3) is 0.444. The third kappa shape index (κ3) is 2.76. The molecule has 0 aliphatic heterocycles. The van der Waals surface area contributed by atoms with E-state index >= 15 is 0 Å². The number of hydrogen-bond acceptors (Lipinski definition) is 2. The van der Waals surface area contributed by atoms with Crippen molar-refractivity contribution in [2.24, 2.45) is 5.92 Å². The van der Waals surface area contributed by atoms with Crippen LogP contribution in [0.15, 0.2) is 21.2 Å². The van der Waals surface area contributed by atoms with Crippen LogP contribution in [0.25, 0.3) is 0 Å². The molecule has 1 aromatic rings. The average Bonchev–Trinajstić information content (AvgIpc) is 2.03. The van der Waals surface area contributed by atoms with Crippen molar-refractivity contribution in [2.75, 3.05) is 0 Å². The smallest absolute Gasteiger partial charge is 0.0993 e. The fourth-order valence-electron chi connectivity index (χ4n) is 0.959. The Bertz CT molecular complexity index is 302. The zero-order valence-electron chi connectivity index (χ0n) is 7.46. The van der Waals surface area contributed by atoms with Crippen molar-refractivity contribution in [3.63, 3.8) is 0 Å². The van der Waals surface area contributed by atoms with Gasteiger partial charge in [0.1, 0.15) is 0 Å². The maximum Gasteiger partial charge on any atom is 0.0993 e. The van der Waals surface area contributed by atoms with Gasteiger partial charge in [0.15, 0.2) is 0 Å². The summed E-state index contributed by atoms with van der Waals surface area (Å²) in [5.74, 6) is 0.171. The maximum absolute atomic E-state index is 9.76. The largest absolute Gasteiger partial charge is 0.386 e. The average molecular weight is 309 g/mol. The Morgan fingerprint density at radius 1 is 1.38 bits per heavy atom. The van der Waals surface area contributed by atoms with Crippen LogP contribution in [-0.2, 0) is 0 Å². The number of aliphatic hydroxyl groups excluding tert-OH is 1. The molecule has 13 heavy (non-hydrogen) atoms.